The molecule has 96 valence electrons. The van der Waals surface area contributed by atoms with Crippen LogP contribution in [-0.4, -0.2) is 9.78 Å². The van der Waals surface area contributed by atoms with Crippen LogP contribution in [-0.2, 0) is 20.1 Å². The molecule has 0 amide bonds. The number of hydrogen-bond acceptors (Lipinski definition) is 2. The summed E-state index contributed by atoms with van der Waals surface area (Å²) >= 11 is 12.0. The maximum Gasteiger partial charge on any atom is 0.0597 e. The Morgan fingerprint density at radius 3 is 2.61 bits per heavy atom. The number of hydrogen-bond donors (Lipinski definition) is 1. The van der Waals surface area contributed by atoms with Crippen LogP contribution < -0.4 is 5.32 Å². The zero-order valence-electron chi connectivity index (χ0n) is 10.4. The molecule has 1 heterocycles. The highest BCUT2D eigenvalue weighted by molar-refractivity contribution is 6.35. The van der Waals surface area contributed by atoms with Crippen molar-refractivity contribution < 1.29 is 0 Å². The maximum atomic E-state index is 6.10. The summed E-state index contributed by atoms with van der Waals surface area (Å²) in [5.74, 6) is 0. The van der Waals surface area contributed by atoms with Gasteiger partial charge < -0.3 is 5.32 Å². The zero-order chi connectivity index (χ0) is 13.1. The predicted molar refractivity (Wildman–Crippen MR) is 75.0 cm³/mol. The van der Waals surface area contributed by atoms with Crippen LogP contribution >= 0.6 is 23.2 Å². The molecule has 0 aliphatic carbocycles. The molecule has 0 saturated heterocycles. The lowest BCUT2D eigenvalue weighted by Gasteiger charge is -2.07. The highest BCUT2D eigenvalue weighted by Gasteiger charge is 2.03. The summed E-state index contributed by atoms with van der Waals surface area (Å²) in [6.07, 6.45) is 0. The molecule has 2 rings (SSSR count). The summed E-state index contributed by atoms with van der Waals surface area (Å²) < 4.78 is 1.88. The molecular formula is C13H15Cl2N3. The van der Waals surface area contributed by atoms with Crippen LogP contribution in [0.15, 0.2) is 24.3 Å². The smallest absolute Gasteiger partial charge is 0.0597 e. The standard InChI is InChI=1S/C13H15Cl2N3/c1-9-5-12(18(2)17-9)8-16-7-10-3-4-11(14)6-13(10)15/h3-6,16H,7-8H2,1-2H3. The van der Waals surface area contributed by atoms with E-state index >= 15 is 0 Å². The molecular weight excluding hydrogens is 269 g/mol. The van der Waals surface area contributed by atoms with E-state index in [-0.39, 0.29) is 0 Å². The van der Waals surface area contributed by atoms with E-state index in [2.05, 4.69) is 16.5 Å². The number of halogens is 2. The van der Waals surface area contributed by atoms with E-state index in [4.69, 9.17) is 23.2 Å². The number of rotatable bonds is 4. The summed E-state index contributed by atoms with van der Waals surface area (Å²) in [6.45, 7) is 3.45. The van der Waals surface area contributed by atoms with E-state index in [0.29, 0.717) is 16.6 Å². The number of nitrogens with one attached hydrogen (secondary N) is 1. The molecule has 1 N–H and O–H groups in total. The highest BCUT2D eigenvalue weighted by Crippen LogP contribution is 2.20. The molecule has 0 radical (unpaired) electrons. The minimum atomic E-state index is 0.658. The van der Waals surface area contributed by atoms with Crippen LogP contribution in [0, 0.1) is 6.92 Å². The first-order valence-corrected chi connectivity index (χ1v) is 6.46. The number of aryl methyl sites for hydroxylation is 2. The number of benzene rings is 1. The lowest BCUT2D eigenvalue weighted by Crippen LogP contribution is -2.15. The SMILES string of the molecule is Cc1cc(CNCc2ccc(Cl)cc2Cl)n(C)n1. The Morgan fingerprint density at radius 1 is 1.22 bits per heavy atom. The average Bonchev–Trinajstić information content (AvgIpc) is 2.61. The van der Waals surface area contributed by atoms with Crippen molar-refractivity contribution in [2.24, 2.45) is 7.05 Å². The van der Waals surface area contributed by atoms with Crippen molar-refractivity contribution in [3.8, 4) is 0 Å². The Kier molecular flexibility index (Phi) is 4.27. The van der Waals surface area contributed by atoms with Crippen molar-refractivity contribution in [1.29, 1.82) is 0 Å². The Hall–Kier alpha value is -1.03. The Labute approximate surface area is 117 Å². The third-order valence-electron chi connectivity index (χ3n) is 2.74. The fourth-order valence-electron chi connectivity index (χ4n) is 1.82. The maximum absolute atomic E-state index is 6.10. The molecule has 1 aromatic carbocycles. The second kappa shape index (κ2) is 5.74. The first kappa shape index (κ1) is 13.4. The first-order valence-electron chi connectivity index (χ1n) is 5.70. The van der Waals surface area contributed by atoms with Crippen molar-refractivity contribution >= 4 is 23.2 Å². The van der Waals surface area contributed by atoms with Crippen molar-refractivity contribution in [2.45, 2.75) is 20.0 Å². The minimum absolute atomic E-state index is 0.658. The molecule has 0 aliphatic heterocycles. The fraction of sp³-hybridized carbons (Fsp3) is 0.308. The zero-order valence-corrected chi connectivity index (χ0v) is 11.9. The molecule has 3 nitrogen and oxygen atoms in total. The summed E-state index contributed by atoms with van der Waals surface area (Å²) in [4.78, 5) is 0. The molecule has 0 unspecified atom stereocenters. The fourth-order valence-corrected chi connectivity index (χ4v) is 2.30. The van der Waals surface area contributed by atoms with Gasteiger partial charge in [-0.05, 0) is 30.7 Å². The molecule has 0 fully saturated rings. The van der Waals surface area contributed by atoms with Crippen molar-refractivity contribution in [3.63, 3.8) is 0 Å². The molecule has 0 saturated carbocycles. The summed E-state index contributed by atoms with van der Waals surface area (Å²) in [5.41, 5.74) is 3.22. The molecule has 0 atom stereocenters. The number of nitrogens with zero attached hydrogens (tertiary/aromatic N) is 2. The van der Waals surface area contributed by atoms with Gasteiger partial charge >= 0.3 is 0 Å². The minimum Gasteiger partial charge on any atom is -0.307 e. The second-order valence-corrected chi connectivity index (χ2v) is 5.08. The van der Waals surface area contributed by atoms with Gasteiger partial charge in [0.25, 0.3) is 0 Å². The van der Waals surface area contributed by atoms with E-state index < -0.39 is 0 Å². The highest BCUT2D eigenvalue weighted by atomic mass is 35.5. The molecule has 0 bridgehead atoms. The molecule has 5 heteroatoms. The average molecular weight is 284 g/mol. The molecule has 0 aliphatic rings. The van der Waals surface area contributed by atoms with E-state index in [1.54, 1.807) is 6.07 Å². The monoisotopic (exact) mass is 283 g/mol. The molecule has 1 aromatic heterocycles. The van der Waals surface area contributed by atoms with Gasteiger partial charge in [0, 0.05) is 30.2 Å². The third kappa shape index (κ3) is 3.25. The van der Waals surface area contributed by atoms with Gasteiger partial charge in [0.15, 0.2) is 0 Å². The molecule has 2 aromatic rings. The molecule has 18 heavy (non-hydrogen) atoms. The normalized spacial score (nSPS) is 10.9. The van der Waals surface area contributed by atoms with Gasteiger partial charge in [-0.25, -0.2) is 0 Å². The summed E-state index contributed by atoms with van der Waals surface area (Å²) in [5, 5.41) is 8.99. The van der Waals surface area contributed by atoms with Crippen LogP contribution in [0.5, 0.6) is 0 Å². The van der Waals surface area contributed by atoms with Crippen LogP contribution in [0.2, 0.25) is 10.0 Å². The van der Waals surface area contributed by atoms with Gasteiger partial charge in [-0.1, -0.05) is 29.3 Å². The van der Waals surface area contributed by atoms with Crippen molar-refractivity contribution in [1.82, 2.24) is 15.1 Å². The Morgan fingerprint density at radius 2 is 2.00 bits per heavy atom. The van der Waals surface area contributed by atoms with E-state index in [1.165, 1.54) is 0 Å². The van der Waals surface area contributed by atoms with Crippen LogP contribution in [0.4, 0.5) is 0 Å². The van der Waals surface area contributed by atoms with Gasteiger partial charge in [0.1, 0.15) is 0 Å². The van der Waals surface area contributed by atoms with Gasteiger partial charge in [0.05, 0.1) is 11.4 Å². The Balaban J connectivity index is 1.94. The quantitative estimate of drug-likeness (QED) is 0.933. The Bertz CT molecular complexity index is 549. The predicted octanol–water partition coefficient (Wildman–Crippen LogP) is 3.33. The van der Waals surface area contributed by atoms with Gasteiger partial charge in [-0.3, -0.25) is 4.68 Å². The van der Waals surface area contributed by atoms with Crippen LogP contribution in [0.3, 0.4) is 0 Å². The van der Waals surface area contributed by atoms with Gasteiger partial charge in [0.2, 0.25) is 0 Å². The largest absolute Gasteiger partial charge is 0.307 e. The summed E-state index contributed by atoms with van der Waals surface area (Å²) in [6, 6.07) is 7.61. The van der Waals surface area contributed by atoms with Crippen molar-refractivity contribution in [3.05, 3.63) is 51.3 Å². The number of aromatic nitrogens is 2. The van der Waals surface area contributed by atoms with Gasteiger partial charge in [-0.2, -0.15) is 5.10 Å². The van der Waals surface area contributed by atoms with E-state index in [9.17, 15) is 0 Å². The second-order valence-electron chi connectivity index (χ2n) is 4.24. The van der Waals surface area contributed by atoms with Gasteiger partial charge in [-0.15, -0.1) is 0 Å². The van der Waals surface area contributed by atoms with E-state index in [0.717, 1.165) is 23.5 Å². The third-order valence-corrected chi connectivity index (χ3v) is 3.32. The first-order chi connectivity index (χ1) is 8.56. The van der Waals surface area contributed by atoms with E-state index in [1.807, 2.05) is 30.8 Å². The summed E-state index contributed by atoms with van der Waals surface area (Å²) in [7, 11) is 1.94. The van der Waals surface area contributed by atoms with Crippen LogP contribution in [0.1, 0.15) is 17.0 Å². The topological polar surface area (TPSA) is 29.9 Å². The van der Waals surface area contributed by atoms with Crippen LogP contribution in [0.25, 0.3) is 0 Å². The lowest BCUT2D eigenvalue weighted by molar-refractivity contribution is 0.625. The van der Waals surface area contributed by atoms with Crippen molar-refractivity contribution in [2.75, 3.05) is 0 Å². The molecule has 0 spiro atoms. The lowest BCUT2D eigenvalue weighted by atomic mass is 10.2.